The van der Waals surface area contributed by atoms with Crippen LogP contribution in [0.25, 0.3) is 0 Å². The third-order valence-electron chi connectivity index (χ3n) is 5.24. The summed E-state index contributed by atoms with van der Waals surface area (Å²) in [6, 6.07) is 6.24. The average Bonchev–Trinajstić information content (AvgIpc) is 3.21. The Morgan fingerprint density at radius 3 is 2.64 bits per heavy atom. The Kier molecular flexibility index (Phi) is 9.81. The van der Waals surface area contributed by atoms with Crippen LogP contribution in [0.15, 0.2) is 23.2 Å². The maximum Gasteiger partial charge on any atom is 0.193 e. The number of halogens is 1. The van der Waals surface area contributed by atoms with Crippen LogP contribution >= 0.6 is 24.0 Å². The number of nitrogens with zero attached hydrogens (tertiary/aromatic N) is 2. The van der Waals surface area contributed by atoms with Gasteiger partial charge in [-0.05, 0) is 44.2 Å². The van der Waals surface area contributed by atoms with E-state index in [1.807, 2.05) is 7.05 Å². The van der Waals surface area contributed by atoms with Crippen molar-refractivity contribution in [3.63, 3.8) is 0 Å². The van der Waals surface area contributed by atoms with E-state index in [-0.39, 0.29) is 36.2 Å². The standard InChI is InChI=1S/C21H33N3O3.HI/c1-16-7-4-8-17(2)20(16)27-13-6-10-23-21(22-3)24-11-14-26-19(15-24)18-9-5-12-25-18;/h4,7-8,18-19H,5-6,9-15H2,1-3H3,(H,22,23);1H. The van der Waals surface area contributed by atoms with Crippen LogP contribution in [0.3, 0.4) is 0 Å². The normalized spacial score (nSPS) is 22.7. The van der Waals surface area contributed by atoms with Gasteiger partial charge < -0.3 is 24.4 Å². The summed E-state index contributed by atoms with van der Waals surface area (Å²) in [6.45, 7) is 8.98. The van der Waals surface area contributed by atoms with Gasteiger partial charge in [-0.3, -0.25) is 4.99 Å². The van der Waals surface area contributed by atoms with Crippen LogP contribution in [0.4, 0.5) is 0 Å². The van der Waals surface area contributed by atoms with E-state index in [0.29, 0.717) is 6.61 Å². The molecule has 158 valence electrons. The Bertz CT molecular complexity index is 615. The number of rotatable bonds is 6. The number of nitrogens with one attached hydrogen (secondary N) is 1. The van der Waals surface area contributed by atoms with E-state index in [9.17, 15) is 0 Å². The molecule has 0 radical (unpaired) electrons. The van der Waals surface area contributed by atoms with Crippen LogP contribution < -0.4 is 10.1 Å². The first-order valence-electron chi connectivity index (χ1n) is 10.1. The molecule has 3 rings (SSSR count). The largest absolute Gasteiger partial charge is 0.493 e. The number of benzene rings is 1. The molecule has 7 heteroatoms. The molecule has 2 unspecified atom stereocenters. The molecule has 0 saturated carbocycles. The summed E-state index contributed by atoms with van der Waals surface area (Å²) >= 11 is 0. The third-order valence-corrected chi connectivity index (χ3v) is 5.24. The van der Waals surface area contributed by atoms with Gasteiger partial charge in [0.25, 0.3) is 0 Å². The van der Waals surface area contributed by atoms with Crippen molar-refractivity contribution < 1.29 is 14.2 Å². The van der Waals surface area contributed by atoms with E-state index in [4.69, 9.17) is 14.2 Å². The van der Waals surface area contributed by atoms with Crippen LogP contribution in [0.1, 0.15) is 30.4 Å². The van der Waals surface area contributed by atoms with Crippen molar-refractivity contribution in [2.24, 2.45) is 4.99 Å². The van der Waals surface area contributed by atoms with Crippen molar-refractivity contribution in [2.45, 2.75) is 45.3 Å². The molecule has 6 nitrogen and oxygen atoms in total. The molecule has 2 fully saturated rings. The molecular weight excluding hydrogens is 469 g/mol. The highest BCUT2D eigenvalue weighted by molar-refractivity contribution is 14.0. The minimum Gasteiger partial charge on any atom is -0.493 e. The molecule has 0 aromatic heterocycles. The SMILES string of the molecule is CN=C(NCCCOc1c(C)cccc1C)N1CCOC(C2CCCO2)C1.I. The Hall–Kier alpha value is -1.06. The molecule has 2 heterocycles. The molecule has 0 amide bonds. The smallest absolute Gasteiger partial charge is 0.193 e. The van der Waals surface area contributed by atoms with E-state index in [1.54, 1.807) is 0 Å². The van der Waals surface area contributed by atoms with Gasteiger partial charge in [0.15, 0.2) is 5.96 Å². The molecule has 1 aromatic rings. The summed E-state index contributed by atoms with van der Waals surface area (Å²) in [4.78, 5) is 6.73. The summed E-state index contributed by atoms with van der Waals surface area (Å²) in [5.41, 5.74) is 2.37. The van der Waals surface area contributed by atoms with Gasteiger partial charge in [0.05, 0.1) is 19.3 Å². The van der Waals surface area contributed by atoms with E-state index in [0.717, 1.165) is 63.8 Å². The number of hydrogen-bond donors (Lipinski definition) is 1. The van der Waals surface area contributed by atoms with Crippen molar-refractivity contribution in [1.82, 2.24) is 10.2 Å². The van der Waals surface area contributed by atoms with E-state index in [2.05, 4.69) is 47.3 Å². The summed E-state index contributed by atoms with van der Waals surface area (Å²) in [7, 11) is 1.84. The minimum absolute atomic E-state index is 0. The van der Waals surface area contributed by atoms with Crippen molar-refractivity contribution >= 4 is 29.9 Å². The highest BCUT2D eigenvalue weighted by atomic mass is 127. The summed E-state index contributed by atoms with van der Waals surface area (Å²) in [5.74, 6) is 1.95. The quantitative estimate of drug-likeness (QED) is 0.280. The molecule has 1 N–H and O–H groups in total. The molecule has 2 aliphatic heterocycles. The van der Waals surface area contributed by atoms with Crippen molar-refractivity contribution in [3.8, 4) is 5.75 Å². The van der Waals surface area contributed by atoms with Gasteiger partial charge in [-0.2, -0.15) is 0 Å². The number of aliphatic imine (C=N–C) groups is 1. The summed E-state index contributed by atoms with van der Waals surface area (Å²) in [6.07, 6.45) is 3.54. The van der Waals surface area contributed by atoms with E-state index < -0.39 is 0 Å². The van der Waals surface area contributed by atoms with E-state index in [1.165, 1.54) is 11.1 Å². The zero-order chi connectivity index (χ0) is 19.1. The molecule has 2 aliphatic rings. The molecule has 2 saturated heterocycles. The maximum atomic E-state index is 5.98. The number of para-hydroxylation sites is 1. The predicted octanol–water partition coefficient (Wildman–Crippen LogP) is 3.15. The molecule has 1 aromatic carbocycles. The van der Waals surface area contributed by atoms with Crippen LogP contribution in [0.2, 0.25) is 0 Å². The Balaban J connectivity index is 0.00000280. The van der Waals surface area contributed by atoms with Gasteiger partial charge in [0.1, 0.15) is 11.9 Å². The average molecular weight is 503 g/mol. The lowest BCUT2D eigenvalue weighted by Gasteiger charge is -2.37. The predicted molar refractivity (Wildman–Crippen MR) is 123 cm³/mol. The third kappa shape index (κ3) is 6.22. The lowest BCUT2D eigenvalue weighted by molar-refractivity contribution is -0.0816. The number of hydrogen-bond acceptors (Lipinski definition) is 4. The van der Waals surface area contributed by atoms with Crippen LogP contribution in [-0.4, -0.2) is 69.6 Å². The van der Waals surface area contributed by atoms with Crippen molar-refractivity contribution in [1.29, 1.82) is 0 Å². The second-order valence-corrected chi connectivity index (χ2v) is 7.30. The molecule has 28 heavy (non-hydrogen) atoms. The number of aryl methyl sites for hydroxylation is 2. The van der Waals surface area contributed by atoms with E-state index >= 15 is 0 Å². The zero-order valence-electron chi connectivity index (χ0n) is 17.3. The molecular formula is C21H34IN3O3. The molecule has 0 bridgehead atoms. The fraction of sp³-hybridized carbons (Fsp3) is 0.667. The van der Waals surface area contributed by atoms with Crippen molar-refractivity contribution in [2.75, 3.05) is 46.5 Å². The lowest BCUT2D eigenvalue weighted by atomic mass is 10.1. The topological polar surface area (TPSA) is 55.3 Å². The van der Waals surface area contributed by atoms with Gasteiger partial charge >= 0.3 is 0 Å². The fourth-order valence-electron chi connectivity index (χ4n) is 3.79. The highest BCUT2D eigenvalue weighted by Crippen LogP contribution is 2.22. The van der Waals surface area contributed by atoms with Gasteiger partial charge in [0, 0.05) is 33.3 Å². The van der Waals surface area contributed by atoms with Crippen molar-refractivity contribution in [3.05, 3.63) is 29.3 Å². The summed E-state index contributed by atoms with van der Waals surface area (Å²) in [5, 5.41) is 3.47. The molecule has 2 atom stereocenters. The highest BCUT2D eigenvalue weighted by Gasteiger charge is 2.32. The maximum absolute atomic E-state index is 5.98. The van der Waals surface area contributed by atoms with Gasteiger partial charge in [-0.15, -0.1) is 24.0 Å². The fourth-order valence-corrected chi connectivity index (χ4v) is 3.79. The Labute approximate surface area is 186 Å². The first kappa shape index (κ1) is 23.2. The Morgan fingerprint density at radius 1 is 1.21 bits per heavy atom. The van der Waals surface area contributed by atoms with Crippen LogP contribution in [0.5, 0.6) is 5.75 Å². The second-order valence-electron chi connectivity index (χ2n) is 7.30. The number of guanidine groups is 1. The first-order valence-corrected chi connectivity index (χ1v) is 10.1. The van der Waals surface area contributed by atoms with Crippen LogP contribution in [0, 0.1) is 13.8 Å². The van der Waals surface area contributed by atoms with Gasteiger partial charge in [-0.25, -0.2) is 0 Å². The van der Waals surface area contributed by atoms with Gasteiger partial charge in [0.2, 0.25) is 0 Å². The van der Waals surface area contributed by atoms with Gasteiger partial charge in [-0.1, -0.05) is 18.2 Å². The first-order chi connectivity index (χ1) is 13.2. The Morgan fingerprint density at radius 2 is 1.96 bits per heavy atom. The van der Waals surface area contributed by atoms with Crippen LogP contribution in [-0.2, 0) is 9.47 Å². The number of morpholine rings is 1. The minimum atomic E-state index is 0. The molecule has 0 aliphatic carbocycles. The second kappa shape index (κ2) is 11.8. The molecule has 0 spiro atoms. The number of ether oxygens (including phenoxy) is 3. The zero-order valence-corrected chi connectivity index (χ0v) is 19.6. The lowest BCUT2D eigenvalue weighted by Crippen LogP contribution is -2.53. The monoisotopic (exact) mass is 503 g/mol. The summed E-state index contributed by atoms with van der Waals surface area (Å²) < 4.78 is 17.7.